The zero-order chi connectivity index (χ0) is 36.5. The first-order valence-electron chi connectivity index (χ1n) is 17.2. The van der Waals surface area contributed by atoms with Gasteiger partial charge in [0.1, 0.15) is 22.8 Å². The number of anilines is 1. The van der Waals surface area contributed by atoms with Gasteiger partial charge in [-0.1, -0.05) is 0 Å². The molecule has 2 atom stereocenters. The minimum absolute atomic E-state index is 0.0261. The first-order valence-corrected chi connectivity index (χ1v) is 18.7. The van der Waals surface area contributed by atoms with E-state index in [4.69, 9.17) is 9.47 Å². The van der Waals surface area contributed by atoms with Crippen LogP contribution in [0.5, 0.6) is 11.5 Å². The summed E-state index contributed by atoms with van der Waals surface area (Å²) in [6.45, 7) is 8.58. The van der Waals surface area contributed by atoms with Crippen LogP contribution in [0.3, 0.4) is 0 Å². The summed E-state index contributed by atoms with van der Waals surface area (Å²) in [4.78, 5) is 27.5. The molecule has 3 aliphatic heterocycles. The molecule has 0 unspecified atom stereocenters. The number of rotatable bonds is 12. The number of amides is 1. The highest BCUT2D eigenvalue weighted by molar-refractivity contribution is 7.89. The molecule has 3 aromatic rings. The lowest BCUT2D eigenvalue weighted by molar-refractivity contribution is -0.0299. The molecule has 13 nitrogen and oxygen atoms in total. The minimum Gasteiger partial charge on any atom is -0.451 e. The monoisotopic (exact) mass is 734 g/mol. The molecule has 6 rings (SSSR count). The predicted octanol–water partition coefficient (Wildman–Crippen LogP) is 3.99. The fraction of sp³-hybridized carbons (Fsp3) is 0.588. The molecular weight excluding hydrogens is 689 g/mol. The number of carbonyl (C=O) groups excluding carboxylic acids is 1. The summed E-state index contributed by atoms with van der Waals surface area (Å²) < 4.78 is 83.1. The van der Waals surface area contributed by atoms with E-state index < -0.39 is 40.8 Å². The number of nitrogens with one attached hydrogen (secondary N) is 1. The third-order valence-corrected chi connectivity index (χ3v) is 11.8. The highest BCUT2D eigenvalue weighted by Crippen LogP contribution is 2.45. The van der Waals surface area contributed by atoms with Gasteiger partial charge in [-0.2, -0.15) is 5.10 Å². The number of sulfonamides is 1. The lowest BCUT2D eigenvalue weighted by Crippen LogP contribution is -2.61. The number of likely N-dealkylation sites (tertiary alicyclic amines) is 1. The van der Waals surface area contributed by atoms with Crippen molar-refractivity contribution in [3.63, 3.8) is 0 Å². The van der Waals surface area contributed by atoms with E-state index in [0.29, 0.717) is 24.5 Å². The average Bonchev–Trinajstić information content (AvgIpc) is 3.42. The van der Waals surface area contributed by atoms with E-state index in [2.05, 4.69) is 29.6 Å². The second-order valence-electron chi connectivity index (χ2n) is 14.1. The van der Waals surface area contributed by atoms with Gasteiger partial charge < -0.3 is 24.2 Å². The van der Waals surface area contributed by atoms with Gasteiger partial charge in [-0.25, -0.2) is 36.3 Å². The fourth-order valence-electron chi connectivity index (χ4n) is 7.12. The lowest BCUT2D eigenvalue weighted by atomic mass is 9.72. The highest BCUT2D eigenvalue weighted by atomic mass is 32.2. The molecule has 0 bridgehead atoms. The van der Waals surface area contributed by atoms with E-state index in [1.54, 1.807) is 27.8 Å². The summed E-state index contributed by atoms with van der Waals surface area (Å²) in [5.41, 5.74) is 0.520. The van der Waals surface area contributed by atoms with Crippen molar-refractivity contribution in [1.82, 2.24) is 34.3 Å². The average molecular weight is 735 g/mol. The molecule has 3 saturated heterocycles. The number of nitrogens with zero attached hydrogens (tertiary/aromatic N) is 7. The van der Waals surface area contributed by atoms with Crippen molar-refractivity contribution in [3.05, 3.63) is 54.0 Å². The predicted molar refractivity (Wildman–Crippen MR) is 182 cm³/mol. The Bertz CT molecular complexity index is 1800. The summed E-state index contributed by atoms with van der Waals surface area (Å²) in [5.74, 6) is -0.606. The molecule has 2 aromatic heterocycles. The molecule has 1 N–H and O–H groups in total. The smallest absolute Gasteiger partial charge is 0.258 e. The quantitative estimate of drug-likeness (QED) is 0.291. The SMILES string of the molecule is Cc1c(S(=O)(=O)N[C@@H]2CC[C@@H](CN3CCC4(CC3)CN(c3ncncc3Oc3ccc(F)cc3C(=O)N(CC(F)F)C(C)C)C4)OC2)cnn1C. The highest BCUT2D eigenvalue weighted by Gasteiger charge is 2.46. The van der Waals surface area contributed by atoms with E-state index in [0.717, 1.165) is 69.0 Å². The lowest BCUT2D eigenvalue weighted by Gasteiger charge is -2.54. The van der Waals surface area contributed by atoms with Crippen LogP contribution >= 0.6 is 0 Å². The van der Waals surface area contributed by atoms with Crippen molar-refractivity contribution >= 4 is 21.7 Å². The van der Waals surface area contributed by atoms with Crippen molar-refractivity contribution in [2.45, 2.75) is 76.0 Å². The second-order valence-corrected chi connectivity index (χ2v) is 15.8. The standard InChI is InChI=1S/C34H45F3N8O5S/c1-22(2)45(17-31(36)37)33(46)27-13-24(35)5-8-28(27)50-29-14-38-21-39-32(29)44-19-34(20-44)9-11-43(12-10-34)16-26-7-6-25(18-49-26)41-51(47,48)30-15-40-42(4)23(30)3/h5,8,13-15,21-22,25-26,31,41H,6-7,9-12,16-20H2,1-4H3/t25-,26+/m1/s1. The van der Waals surface area contributed by atoms with E-state index in [1.165, 1.54) is 29.5 Å². The summed E-state index contributed by atoms with van der Waals surface area (Å²) in [7, 11) is -1.97. The minimum atomic E-state index is -3.68. The number of alkyl halides is 2. The Morgan fingerprint density at radius 2 is 1.90 bits per heavy atom. The van der Waals surface area contributed by atoms with Gasteiger partial charge in [0.05, 0.1) is 42.9 Å². The number of hydrogen-bond donors (Lipinski definition) is 1. The van der Waals surface area contributed by atoms with E-state index in [1.807, 2.05) is 0 Å². The van der Waals surface area contributed by atoms with Crippen molar-refractivity contribution in [1.29, 1.82) is 0 Å². The van der Waals surface area contributed by atoms with E-state index in [9.17, 15) is 26.4 Å². The number of ether oxygens (including phenoxy) is 2. The Hall–Kier alpha value is -3.80. The van der Waals surface area contributed by atoms with Crippen molar-refractivity contribution in [2.75, 3.05) is 50.8 Å². The van der Waals surface area contributed by atoms with Crippen LogP contribution < -0.4 is 14.4 Å². The van der Waals surface area contributed by atoms with Gasteiger partial charge in [0.25, 0.3) is 12.3 Å². The first-order chi connectivity index (χ1) is 24.2. The molecule has 1 aromatic carbocycles. The number of benzene rings is 1. The summed E-state index contributed by atoms with van der Waals surface area (Å²) in [5, 5.41) is 4.04. The largest absolute Gasteiger partial charge is 0.451 e. The number of piperidine rings is 1. The van der Waals surface area contributed by atoms with Crippen LogP contribution in [0.1, 0.15) is 55.6 Å². The number of hydrogen-bond acceptors (Lipinski definition) is 10. The van der Waals surface area contributed by atoms with Crippen LogP contribution in [0.4, 0.5) is 19.0 Å². The topological polar surface area (TPSA) is 135 Å². The van der Waals surface area contributed by atoms with Crippen LogP contribution in [0, 0.1) is 18.2 Å². The van der Waals surface area contributed by atoms with Gasteiger partial charge >= 0.3 is 0 Å². The molecule has 1 spiro atoms. The molecule has 5 heterocycles. The summed E-state index contributed by atoms with van der Waals surface area (Å²) >= 11 is 0. The van der Waals surface area contributed by atoms with Gasteiger partial charge in [0, 0.05) is 44.2 Å². The molecule has 51 heavy (non-hydrogen) atoms. The molecule has 0 aliphatic carbocycles. The molecule has 1 amide bonds. The van der Waals surface area contributed by atoms with Crippen molar-refractivity contribution in [2.24, 2.45) is 12.5 Å². The van der Waals surface area contributed by atoms with Gasteiger partial charge in [0.2, 0.25) is 10.0 Å². The molecular formula is C34H45F3N8O5S. The maximum atomic E-state index is 14.3. The zero-order valence-electron chi connectivity index (χ0n) is 29.3. The molecule has 278 valence electrons. The van der Waals surface area contributed by atoms with Crippen molar-refractivity contribution < 1.29 is 35.9 Å². The van der Waals surface area contributed by atoms with Crippen molar-refractivity contribution in [3.8, 4) is 11.5 Å². The summed E-state index contributed by atoms with van der Waals surface area (Å²) in [6.07, 6.45) is 4.96. The van der Waals surface area contributed by atoms with Gasteiger partial charge in [0.15, 0.2) is 11.6 Å². The first kappa shape index (κ1) is 37.0. The summed E-state index contributed by atoms with van der Waals surface area (Å²) in [6, 6.07) is 2.63. The third-order valence-electron chi connectivity index (χ3n) is 10.2. The molecule has 3 aliphatic rings. The Morgan fingerprint density at radius 3 is 2.53 bits per heavy atom. The number of carbonyl (C=O) groups is 1. The maximum absolute atomic E-state index is 14.3. The Balaban J connectivity index is 1.01. The molecule has 3 fully saturated rings. The Labute approximate surface area is 296 Å². The van der Waals surface area contributed by atoms with Gasteiger partial charge in [-0.05, 0) is 77.7 Å². The fourth-order valence-corrected chi connectivity index (χ4v) is 8.58. The number of halogens is 3. The van der Waals surface area contributed by atoms with E-state index in [-0.39, 0.29) is 39.5 Å². The Morgan fingerprint density at radius 1 is 1.16 bits per heavy atom. The van der Waals surface area contributed by atoms with Crippen LogP contribution in [0.15, 0.2) is 41.8 Å². The van der Waals surface area contributed by atoms with Crippen LogP contribution in [-0.2, 0) is 21.8 Å². The maximum Gasteiger partial charge on any atom is 0.258 e. The third kappa shape index (κ3) is 8.31. The molecule has 0 radical (unpaired) electrons. The van der Waals surface area contributed by atoms with Gasteiger partial charge in [-0.3, -0.25) is 9.48 Å². The number of aromatic nitrogens is 4. The van der Waals surface area contributed by atoms with Crippen LogP contribution in [0.25, 0.3) is 0 Å². The second kappa shape index (κ2) is 15.0. The van der Waals surface area contributed by atoms with Crippen LogP contribution in [-0.4, -0.2) is 114 Å². The Kier molecular flexibility index (Phi) is 10.9. The zero-order valence-corrected chi connectivity index (χ0v) is 30.1. The van der Waals surface area contributed by atoms with Crippen LogP contribution in [0.2, 0.25) is 0 Å². The number of aryl methyl sites for hydroxylation is 1. The van der Waals surface area contributed by atoms with E-state index >= 15 is 0 Å². The molecule has 0 saturated carbocycles. The van der Waals surface area contributed by atoms with Gasteiger partial charge in [-0.15, -0.1) is 0 Å². The molecule has 17 heteroatoms. The normalized spacial score (nSPS) is 20.9.